The van der Waals surface area contributed by atoms with Crippen LogP contribution in [0.3, 0.4) is 0 Å². The van der Waals surface area contributed by atoms with Gasteiger partial charge in [-0.2, -0.15) is 0 Å². The van der Waals surface area contributed by atoms with E-state index in [4.69, 9.17) is 5.73 Å². The summed E-state index contributed by atoms with van der Waals surface area (Å²) in [7, 11) is 0. The lowest BCUT2D eigenvalue weighted by molar-refractivity contribution is 0.624. The van der Waals surface area contributed by atoms with Crippen molar-refractivity contribution in [1.29, 1.82) is 0 Å². The summed E-state index contributed by atoms with van der Waals surface area (Å²) in [5.74, 6) is -0.251. The third-order valence-corrected chi connectivity index (χ3v) is 4.03. The predicted octanol–water partition coefficient (Wildman–Crippen LogP) is 4.49. The Morgan fingerprint density at radius 1 is 0.750 bits per heavy atom. The first kappa shape index (κ1) is 16.2. The number of halogens is 1. The Kier molecular flexibility index (Phi) is 5.24. The summed E-state index contributed by atoms with van der Waals surface area (Å²) in [6.45, 7) is 1.80. The van der Waals surface area contributed by atoms with E-state index in [0.717, 1.165) is 24.3 Å². The summed E-state index contributed by atoms with van der Waals surface area (Å²) in [6, 6.07) is 25.4. The van der Waals surface area contributed by atoms with Gasteiger partial charge >= 0.3 is 0 Å². The van der Waals surface area contributed by atoms with Crippen LogP contribution in [0, 0.1) is 5.82 Å². The van der Waals surface area contributed by atoms with Crippen LogP contribution in [0.4, 0.5) is 10.1 Å². The molecule has 0 unspecified atom stereocenters. The second-order valence-corrected chi connectivity index (χ2v) is 5.80. The van der Waals surface area contributed by atoms with Crippen molar-refractivity contribution in [2.75, 3.05) is 4.90 Å². The molecule has 0 fully saturated rings. The van der Waals surface area contributed by atoms with Gasteiger partial charge in [-0.25, -0.2) is 4.39 Å². The molecule has 3 aromatic rings. The average molecular weight is 320 g/mol. The van der Waals surface area contributed by atoms with Crippen LogP contribution >= 0.6 is 0 Å². The van der Waals surface area contributed by atoms with Crippen molar-refractivity contribution in [3.63, 3.8) is 0 Å². The van der Waals surface area contributed by atoms with Crippen LogP contribution in [0.5, 0.6) is 0 Å². The highest BCUT2D eigenvalue weighted by molar-refractivity contribution is 5.54. The first-order chi connectivity index (χ1) is 11.8. The summed E-state index contributed by atoms with van der Waals surface area (Å²) in [6.07, 6.45) is 0. The molecule has 3 rings (SSSR count). The maximum atomic E-state index is 13.6. The van der Waals surface area contributed by atoms with Crippen molar-refractivity contribution in [2.45, 2.75) is 19.6 Å². The Labute approximate surface area is 142 Å². The van der Waals surface area contributed by atoms with Crippen molar-refractivity contribution >= 4 is 5.69 Å². The number of hydrogen-bond acceptors (Lipinski definition) is 2. The molecule has 0 radical (unpaired) electrons. The van der Waals surface area contributed by atoms with E-state index >= 15 is 0 Å². The van der Waals surface area contributed by atoms with Gasteiger partial charge in [0, 0.05) is 25.3 Å². The minimum atomic E-state index is -0.251. The highest BCUT2D eigenvalue weighted by Gasteiger charge is 2.13. The Morgan fingerprint density at radius 2 is 1.29 bits per heavy atom. The third kappa shape index (κ3) is 4.00. The van der Waals surface area contributed by atoms with Gasteiger partial charge < -0.3 is 10.6 Å². The van der Waals surface area contributed by atoms with Crippen molar-refractivity contribution in [2.24, 2.45) is 5.73 Å². The topological polar surface area (TPSA) is 29.3 Å². The normalized spacial score (nSPS) is 10.6. The van der Waals surface area contributed by atoms with Gasteiger partial charge in [0.15, 0.2) is 0 Å². The zero-order chi connectivity index (χ0) is 16.8. The van der Waals surface area contributed by atoms with E-state index in [1.807, 2.05) is 42.5 Å². The minimum Gasteiger partial charge on any atom is -0.363 e. The molecular formula is C21H21FN2. The fourth-order valence-electron chi connectivity index (χ4n) is 2.86. The first-order valence-electron chi connectivity index (χ1n) is 8.07. The molecule has 2 N–H and O–H groups in total. The highest BCUT2D eigenvalue weighted by Crippen LogP contribution is 2.25. The number of nitrogens with zero attached hydrogens (tertiary/aromatic N) is 1. The fraction of sp³-hybridized carbons (Fsp3) is 0.143. The molecule has 0 heterocycles. The molecular weight excluding hydrogens is 299 g/mol. The van der Waals surface area contributed by atoms with Crippen molar-refractivity contribution in [3.05, 3.63) is 101 Å². The molecule has 3 heteroatoms. The molecule has 0 bridgehead atoms. The largest absolute Gasteiger partial charge is 0.363 e. The number of nitrogens with two attached hydrogens (primary N) is 1. The Hall–Kier alpha value is -2.65. The molecule has 0 aliphatic heterocycles. The van der Waals surface area contributed by atoms with Crippen LogP contribution in [0.25, 0.3) is 0 Å². The van der Waals surface area contributed by atoms with E-state index < -0.39 is 0 Å². The van der Waals surface area contributed by atoms with E-state index in [-0.39, 0.29) is 5.82 Å². The zero-order valence-corrected chi connectivity index (χ0v) is 13.5. The van der Waals surface area contributed by atoms with Gasteiger partial charge in [0.25, 0.3) is 0 Å². The second-order valence-electron chi connectivity index (χ2n) is 5.80. The SMILES string of the molecule is NCc1cc(F)ccc1N(Cc1ccccc1)Cc1ccccc1. The maximum Gasteiger partial charge on any atom is 0.123 e. The summed E-state index contributed by atoms with van der Waals surface area (Å²) in [5, 5.41) is 0. The van der Waals surface area contributed by atoms with E-state index in [1.54, 1.807) is 0 Å². The minimum absolute atomic E-state index is 0.251. The molecule has 0 aliphatic carbocycles. The molecule has 122 valence electrons. The van der Waals surface area contributed by atoms with Gasteiger partial charge in [-0.3, -0.25) is 0 Å². The van der Waals surface area contributed by atoms with Gasteiger partial charge in [-0.15, -0.1) is 0 Å². The molecule has 24 heavy (non-hydrogen) atoms. The lowest BCUT2D eigenvalue weighted by atomic mass is 10.1. The van der Waals surface area contributed by atoms with Crippen LogP contribution in [-0.2, 0) is 19.6 Å². The fourth-order valence-corrected chi connectivity index (χ4v) is 2.86. The van der Waals surface area contributed by atoms with Gasteiger partial charge in [-0.1, -0.05) is 60.7 Å². The van der Waals surface area contributed by atoms with Crippen LogP contribution in [0.2, 0.25) is 0 Å². The third-order valence-electron chi connectivity index (χ3n) is 4.03. The van der Waals surface area contributed by atoms with E-state index in [2.05, 4.69) is 29.2 Å². The predicted molar refractivity (Wildman–Crippen MR) is 97.1 cm³/mol. The standard InChI is InChI=1S/C21H21FN2/c22-20-11-12-21(19(13-20)14-23)24(15-17-7-3-1-4-8-17)16-18-9-5-2-6-10-18/h1-13H,14-16,23H2. The smallest absolute Gasteiger partial charge is 0.123 e. The molecule has 0 amide bonds. The van der Waals surface area contributed by atoms with E-state index in [0.29, 0.717) is 6.54 Å². The lowest BCUT2D eigenvalue weighted by Crippen LogP contribution is -2.24. The Morgan fingerprint density at radius 3 is 1.79 bits per heavy atom. The van der Waals surface area contributed by atoms with Crippen LogP contribution < -0.4 is 10.6 Å². The molecule has 0 saturated carbocycles. The molecule has 0 aliphatic rings. The molecule has 0 spiro atoms. The van der Waals surface area contributed by atoms with Crippen molar-refractivity contribution < 1.29 is 4.39 Å². The van der Waals surface area contributed by atoms with Gasteiger partial charge in [-0.05, 0) is 34.9 Å². The van der Waals surface area contributed by atoms with Crippen LogP contribution in [-0.4, -0.2) is 0 Å². The number of benzene rings is 3. The summed E-state index contributed by atoms with van der Waals surface area (Å²) >= 11 is 0. The molecule has 0 saturated heterocycles. The molecule has 0 atom stereocenters. The monoisotopic (exact) mass is 320 g/mol. The quantitative estimate of drug-likeness (QED) is 0.725. The van der Waals surface area contributed by atoms with E-state index in [9.17, 15) is 4.39 Å². The maximum absolute atomic E-state index is 13.6. The molecule has 2 nitrogen and oxygen atoms in total. The summed E-state index contributed by atoms with van der Waals surface area (Å²) < 4.78 is 13.6. The Bertz CT molecular complexity index is 731. The van der Waals surface area contributed by atoms with E-state index in [1.165, 1.54) is 23.3 Å². The first-order valence-corrected chi connectivity index (χ1v) is 8.07. The summed E-state index contributed by atoms with van der Waals surface area (Å²) in [5.41, 5.74) is 10.1. The number of rotatable bonds is 6. The number of hydrogen-bond donors (Lipinski definition) is 1. The lowest BCUT2D eigenvalue weighted by Gasteiger charge is -2.27. The molecule has 3 aromatic carbocycles. The van der Waals surface area contributed by atoms with Crippen molar-refractivity contribution in [3.8, 4) is 0 Å². The zero-order valence-electron chi connectivity index (χ0n) is 13.5. The van der Waals surface area contributed by atoms with Gasteiger partial charge in [0.2, 0.25) is 0 Å². The van der Waals surface area contributed by atoms with Gasteiger partial charge in [0.1, 0.15) is 5.82 Å². The second kappa shape index (κ2) is 7.75. The number of anilines is 1. The Balaban J connectivity index is 1.95. The average Bonchev–Trinajstić information content (AvgIpc) is 2.63. The van der Waals surface area contributed by atoms with Gasteiger partial charge in [0.05, 0.1) is 0 Å². The van der Waals surface area contributed by atoms with Crippen molar-refractivity contribution in [1.82, 2.24) is 0 Å². The molecule has 0 aromatic heterocycles. The highest BCUT2D eigenvalue weighted by atomic mass is 19.1. The summed E-state index contributed by atoms with van der Waals surface area (Å²) in [4.78, 5) is 2.24. The van der Waals surface area contributed by atoms with Crippen LogP contribution in [0.15, 0.2) is 78.9 Å². The van der Waals surface area contributed by atoms with Crippen LogP contribution in [0.1, 0.15) is 16.7 Å².